The molecule has 0 radical (unpaired) electrons. The molecule has 1 aliphatic heterocycles. The van der Waals surface area contributed by atoms with Crippen molar-refractivity contribution >= 4 is 17.5 Å². The number of rotatable bonds is 10. The maximum absolute atomic E-state index is 12.4. The van der Waals surface area contributed by atoms with Crippen molar-refractivity contribution in [1.29, 1.82) is 0 Å². The molecule has 1 aliphatic rings. The zero-order valence-electron chi connectivity index (χ0n) is 17.8. The molecule has 2 amide bonds. The van der Waals surface area contributed by atoms with Crippen molar-refractivity contribution in [3.8, 4) is 0 Å². The molecule has 1 aromatic carbocycles. The molecule has 162 valence electrons. The van der Waals surface area contributed by atoms with Crippen molar-refractivity contribution in [2.45, 2.75) is 45.6 Å². The first-order chi connectivity index (χ1) is 14.7. The number of nitrogens with zero attached hydrogens (tertiary/aromatic N) is 3. The van der Waals surface area contributed by atoms with E-state index in [1.165, 1.54) is 5.56 Å². The van der Waals surface area contributed by atoms with Gasteiger partial charge in [0.05, 0.1) is 18.5 Å². The third-order valence-electron chi connectivity index (χ3n) is 5.50. The number of amides is 2. The van der Waals surface area contributed by atoms with Crippen LogP contribution in [-0.4, -0.2) is 52.8 Å². The van der Waals surface area contributed by atoms with Gasteiger partial charge in [-0.05, 0) is 38.2 Å². The van der Waals surface area contributed by atoms with E-state index in [0.29, 0.717) is 45.6 Å². The Labute approximate surface area is 178 Å². The zero-order valence-corrected chi connectivity index (χ0v) is 17.8. The molecule has 1 saturated heterocycles. The molecular weight excluding hydrogens is 380 g/mol. The van der Waals surface area contributed by atoms with Crippen molar-refractivity contribution in [3.63, 3.8) is 0 Å². The Morgan fingerprint density at radius 3 is 2.63 bits per heavy atom. The highest BCUT2D eigenvalue weighted by atomic mass is 16.5. The van der Waals surface area contributed by atoms with Gasteiger partial charge in [0.2, 0.25) is 11.8 Å². The number of hydrogen-bond acceptors (Lipinski definition) is 4. The van der Waals surface area contributed by atoms with Crippen LogP contribution in [0.1, 0.15) is 38.2 Å². The Morgan fingerprint density at radius 2 is 1.93 bits per heavy atom. The fraction of sp³-hybridized carbons (Fsp3) is 0.522. The monoisotopic (exact) mass is 412 g/mol. The largest absolute Gasteiger partial charge is 0.381 e. The summed E-state index contributed by atoms with van der Waals surface area (Å²) >= 11 is 0. The van der Waals surface area contributed by atoms with Gasteiger partial charge in [0, 0.05) is 44.8 Å². The van der Waals surface area contributed by atoms with Crippen LogP contribution in [0.3, 0.4) is 0 Å². The quantitative estimate of drug-likeness (QED) is 0.609. The summed E-state index contributed by atoms with van der Waals surface area (Å²) in [7, 11) is 0. The molecule has 1 fully saturated rings. The highest BCUT2D eigenvalue weighted by molar-refractivity contribution is 5.92. The van der Waals surface area contributed by atoms with Gasteiger partial charge >= 0.3 is 0 Å². The van der Waals surface area contributed by atoms with Crippen molar-refractivity contribution in [2.75, 3.05) is 31.6 Å². The number of aromatic nitrogens is 2. The van der Waals surface area contributed by atoms with Crippen LogP contribution in [0.4, 0.5) is 5.69 Å². The van der Waals surface area contributed by atoms with E-state index in [2.05, 4.69) is 22.5 Å². The molecule has 30 heavy (non-hydrogen) atoms. The molecular formula is C23H32N4O3. The minimum absolute atomic E-state index is 0.0181. The second-order valence-corrected chi connectivity index (χ2v) is 7.68. The van der Waals surface area contributed by atoms with E-state index >= 15 is 0 Å². The van der Waals surface area contributed by atoms with E-state index in [1.807, 2.05) is 36.2 Å². The average molecular weight is 413 g/mol. The Bertz CT molecular complexity index is 798. The van der Waals surface area contributed by atoms with E-state index in [9.17, 15) is 9.59 Å². The van der Waals surface area contributed by atoms with Crippen LogP contribution in [-0.2, 0) is 27.3 Å². The lowest BCUT2D eigenvalue weighted by atomic mass is 9.95. The predicted molar refractivity (Wildman–Crippen MR) is 116 cm³/mol. The number of carbonyl (C=O) groups excluding carboxylic acids is 2. The molecule has 1 N–H and O–H groups in total. The third-order valence-corrected chi connectivity index (χ3v) is 5.50. The summed E-state index contributed by atoms with van der Waals surface area (Å²) in [6.45, 7) is 5.33. The number of benzene rings is 1. The normalized spacial score (nSPS) is 14.6. The van der Waals surface area contributed by atoms with Crippen LogP contribution < -0.4 is 5.32 Å². The van der Waals surface area contributed by atoms with E-state index in [1.54, 1.807) is 10.9 Å². The summed E-state index contributed by atoms with van der Waals surface area (Å²) in [5, 5.41) is 7.10. The number of carbonyl (C=O) groups is 2. The van der Waals surface area contributed by atoms with Gasteiger partial charge in [-0.2, -0.15) is 5.10 Å². The number of hydrogen-bond donors (Lipinski definition) is 1. The first-order valence-electron chi connectivity index (χ1n) is 10.9. The van der Waals surface area contributed by atoms with Crippen LogP contribution in [0.15, 0.2) is 42.7 Å². The molecule has 7 nitrogen and oxygen atoms in total. The summed E-state index contributed by atoms with van der Waals surface area (Å²) in [4.78, 5) is 26.7. The average Bonchev–Trinajstić information content (AvgIpc) is 3.24. The molecule has 0 saturated carbocycles. The third kappa shape index (κ3) is 6.69. The van der Waals surface area contributed by atoms with Gasteiger partial charge in [-0.1, -0.05) is 30.3 Å². The van der Waals surface area contributed by atoms with Gasteiger partial charge in [0.15, 0.2) is 0 Å². The van der Waals surface area contributed by atoms with Crippen LogP contribution in [0.5, 0.6) is 0 Å². The maximum Gasteiger partial charge on any atom is 0.227 e. The molecule has 3 rings (SSSR count). The summed E-state index contributed by atoms with van der Waals surface area (Å²) < 4.78 is 7.44. The molecule has 0 aliphatic carbocycles. The number of likely N-dealkylation sites (tertiary alicyclic amines) is 1. The number of ether oxygens (including phenoxy) is 1. The van der Waals surface area contributed by atoms with E-state index in [0.717, 1.165) is 25.1 Å². The molecule has 0 unspecified atom stereocenters. The lowest BCUT2D eigenvalue weighted by Crippen LogP contribution is -2.41. The number of piperidine rings is 1. The summed E-state index contributed by atoms with van der Waals surface area (Å²) in [6.07, 6.45) is 7.03. The van der Waals surface area contributed by atoms with E-state index in [4.69, 9.17) is 4.74 Å². The fourth-order valence-electron chi connectivity index (χ4n) is 3.66. The number of nitrogens with one attached hydrogen (secondary N) is 1. The van der Waals surface area contributed by atoms with Crippen LogP contribution in [0, 0.1) is 5.92 Å². The standard InChI is InChI=1S/C23H32N4O3/c1-2-27-18-21(17-24-27)25-23(29)20-10-13-26(14-11-20)22(28)9-6-15-30-16-12-19-7-4-3-5-8-19/h3-5,7-8,17-18,20H,2,6,9-16H2,1H3,(H,25,29). The summed E-state index contributed by atoms with van der Waals surface area (Å²) in [5.74, 6) is 0.120. The van der Waals surface area contributed by atoms with E-state index < -0.39 is 0 Å². The van der Waals surface area contributed by atoms with Crippen LogP contribution in [0.2, 0.25) is 0 Å². The number of aryl methyl sites for hydroxylation is 1. The van der Waals surface area contributed by atoms with Gasteiger partial charge in [0.25, 0.3) is 0 Å². The minimum Gasteiger partial charge on any atom is -0.381 e. The Kier molecular flexibility index (Phi) is 8.44. The first kappa shape index (κ1) is 22.0. The van der Waals surface area contributed by atoms with Gasteiger partial charge in [-0.25, -0.2) is 0 Å². The first-order valence-corrected chi connectivity index (χ1v) is 10.9. The molecule has 7 heteroatoms. The van der Waals surface area contributed by atoms with Gasteiger partial charge in [-0.15, -0.1) is 0 Å². The van der Waals surface area contributed by atoms with E-state index in [-0.39, 0.29) is 17.7 Å². The van der Waals surface area contributed by atoms with Crippen LogP contribution >= 0.6 is 0 Å². The van der Waals surface area contributed by atoms with Crippen molar-refractivity contribution in [1.82, 2.24) is 14.7 Å². The zero-order chi connectivity index (χ0) is 21.2. The van der Waals surface area contributed by atoms with Crippen molar-refractivity contribution in [3.05, 3.63) is 48.3 Å². The Morgan fingerprint density at radius 1 is 1.17 bits per heavy atom. The number of anilines is 1. The lowest BCUT2D eigenvalue weighted by molar-refractivity contribution is -0.134. The van der Waals surface area contributed by atoms with Crippen molar-refractivity contribution < 1.29 is 14.3 Å². The Hall–Kier alpha value is -2.67. The molecule has 2 heterocycles. The topological polar surface area (TPSA) is 76.5 Å². The fourth-order valence-corrected chi connectivity index (χ4v) is 3.66. The smallest absolute Gasteiger partial charge is 0.227 e. The second-order valence-electron chi connectivity index (χ2n) is 7.68. The highest BCUT2D eigenvalue weighted by Gasteiger charge is 2.27. The van der Waals surface area contributed by atoms with Crippen LogP contribution in [0.25, 0.3) is 0 Å². The minimum atomic E-state index is -0.0552. The summed E-state index contributed by atoms with van der Waals surface area (Å²) in [6, 6.07) is 10.2. The molecule has 0 spiro atoms. The Balaban J connectivity index is 1.27. The van der Waals surface area contributed by atoms with Gasteiger partial charge < -0.3 is 15.0 Å². The predicted octanol–water partition coefficient (Wildman–Crippen LogP) is 3.12. The highest BCUT2D eigenvalue weighted by Crippen LogP contribution is 2.20. The van der Waals surface area contributed by atoms with Crippen molar-refractivity contribution in [2.24, 2.45) is 5.92 Å². The lowest BCUT2D eigenvalue weighted by Gasteiger charge is -2.31. The SMILES string of the molecule is CCn1cc(NC(=O)C2CCN(C(=O)CCCOCCc3ccccc3)CC2)cn1. The summed E-state index contributed by atoms with van der Waals surface area (Å²) in [5.41, 5.74) is 1.99. The molecule has 0 atom stereocenters. The second kappa shape index (κ2) is 11.5. The van der Waals surface area contributed by atoms with Gasteiger partial charge in [-0.3, -0.25) is 14.3 Å². The molecule has 1 aromatic heterocycles. The molecule has 2 aromatic rings. The van der Waals surface area contributed by atoms with Gasteiger partial charge in [0.1, 0.15) is 0 Å². The maximum atomic E-state index is 12.4. The molecule has 0 bridgehead atoms.